The van der Waals surface area contributed by atoms with Gasteiger partial charge in [0.25, 0.3) is 0 Å². The highest BCUT2D eigenvalue weighted by Crippen LogP contribution is 2.40. The molecule has 1 aliphatic carbocycles. The molecule has 3 atom stereocenters. The number of aliphatic hydroxyl groups is 1. The van der Waals surface area contributed by atoms with E-state index < -0.39 is 0 Å². The topological polar surface area (TPSA) is 35.5 Å². The lowest BCUT2D eigenvalue weighted by molar-refractivity contribution is 0.0773. The van der Waals surface area contributed by atoms with Crippen LogP contribution < -0.4 is 5.32 Å². The molecule has 0 aromatic heterocycles. The lowest BCUT2D eigenvalue weighted by Crippen LogP contribution is -2.52. The third-order valence-electron chi connectivity index (χ3n) is 5.68. The first kappa shape index (κ1) is 16.3. The molecular formula is C17H34N2O. The van der Waals surface area contributed by atoms with Gasteiger partial charge in [-0.1, -0.05) is 20.3 Å². The lowest BCUT2D eigenvalue weighted by atomic mass is 9.68. The smallest absolute Gasteiger partial charge is 0.0431 e. The Labute approximate surface area is 125 Å². The molecule has 2 aliphatic rings. The summed E-state index contributed by atoms with van der Waals surface area (Å²) in [6, 6.07) is 1.38. The van der Waals surface area contributed by atoms with Crippen molar-refractivity contribution < 1.29 is 5.11 Å². The van der Waals surface area contributed by atoms with E-state index in [0.29, 0.717) is 18.1 Å². The first-order valence-electron chi connectivity index (χ1n) is 8.60. The third kappa shape index (κ3) is 3.75. The summed E-state index contributed by atoms with van der Waals surface area (Å²) in [5, 5.41) is 12.7. The Balaban J connectivity index is 1.93. The van der Waals surface area contributed by atoms with Crippen molar-refractivity contribution in [2.75, 3.05) is 26.7 Å². The summed E-state index contributed by atoms with van der Waals surface area (Å²) in [5.74, 6) is 0.790. The molecule has 0 radical (unpaired) electrons. The van der Waals surface area contributed by atoms with Gasteiger partial charge in [-0.25, -0.2) is 0 Å². The van der Waals surface area contributed by atoms with E-state index in [-0.39, 0.29) is 0 Å². The quantitative estimate of drug-likeness (QED) is 0.786. The van der Waals surface area contributed by atoms with Crippen LogP contribution in [-0.4, -0.2) is 48.8 Å². The Kier molecular flexibility index (Phi) is 5.88. The highest BCUT2D eigenvalue weighted by Gasteiger charge is 2.39. The lowest BCUT2D eigenvalue weighted by Gasteiger charge is -2.45. The van der Waals surface area contributed by atoms with E-state index in [9.17, 15) is 0 Å². The number of nitrogens with one attached hydrogen (secondary N) is 1. The van der Waals surface area contributed by atoms with Crippen molar-refractivity contribution >= 4 is 0 Å². The molecule has 1 saturated carbocycles. The third-order valence-corrected chi connectivity index (χ3v) is 5.68. The van der Waals surface area contributed by atoms with E-state index in [0.717, 1.165) is 18.4 Å². The summed E-state index contributed by atoms with van der Waals surface area (Å²) in [7, 11) is 2.14. The highest BCUT2D eigenvalue weighted by atomic mass is 16.2. The molecule has 2 N–H and O–H groups in total. The van der Waals surface area contributed by atoms with Gasteiger partial charge in [-0.05, 0) is 63.5 Å². The van der Waals surface area contributed by atoms with E-state index in [1.54, 1.807) is 0 Å². The summed E-state index contributed by atoms with van der Waals surface area (Å²) in [5.41, 5.74) is 0.429. The normalized spacial score (nSPS) is 34.5. The summed E-state index contributed by atoms with van der Waals surface area (Å²) >= 11 is 0. The van der Waals surface area contributed by atoms with Crippen LogP contribution in [0, 0.1) is 11.3 Å². The average molecular weight is 282 g/mol. The standard InChI is InChI=1S/C17H34N2O/c1-17(2)10-4-7-14(16(17)18-3)13-19-11-5-8-15(19)9-6-12-20/h14-16,18,20H,4-13H2,1-3H3. The molecule has 0 aromatic carbocycles. The number of likely N-dealkylation sites (tertiary alicyclic amines) is 1. The Morgan fingerprint density at radius 2 is 2.05 bits per heavy atom. The molecule has 0 spiro atoms. The Morgan fingerprint density at radius 3 is 2.75 bits per heavy atom. The molecule has 20 heavy (non-hydrogen) atoms. The second-order valence-corrected chi connectivity index (χ2v) is 7.56. The summed E-state index contributed by atoms with van der Waals surface area (Å²) in [6.07, 6.45) is 8.92. The minimum atomic E-state index is 0.347. The maximum absolute atomic E-state index is 9.05. The fraction of sp³-hybridized carbons (Fsp3) is 1.00. The second-order valence-electron chi connectivity index (χ2n) is 7.56. The molecule has 3 unspecified atom stereocenters. The molecule has 2 rings (SSSR count). The first-order valence-corrected chi connectivity index (χ1v) is 8.60. The molecule has 3 nitrogen and oxygen atoms in total. The van der Waals surface area contributed by atoms with Crippen LogP contribution in [0.4, 0.5) is 0 Å². The summed E-state index contributed by atoms with van der Waals surface area (Å²) < 4.78 is 0. The molecule has 3 heteroatoms. The fourth-order valence-corrected chi connectivity index (χ4v) is 4.69. The zero-order valence-electron chi connectivity index (χ0n) is 13.7. The molecule has 1 heterocycles. The summed E-state index contributed by atoms with van der Waals surface area (Å²) in [4.78, 5) is 2.71. The zero-order valence-corrected chi connectivity index (χ0v) is 13.7. The van der Waals surface area contributed by atoms with Crippen molar-refractivity contribution in [3.05, 3.63) is 0 Å². The first-order chi connectivity index (χ1) is 9.58. The molecule has 0 amide bonds. The van der Waals surface area contributed by atoms with E-state index in [1.807, 2.05) is 0 Å². The maximum atomic E-state index is 9.05. The number of rotatable bonds is 6. The predicted octanol–water partition coefficient (Wildman–Crippen LogP) is 2.64. The molecule has 0 aromatic rings. The second kappa shape index (κ2) is 7.24. The molecular weight excluding hydrogens is 248 g/mol. The van der Waals surface area contributed by atoms with Gasteiger partial charge in [-0.15, -0.1) is 0 Å². The van der Waals surface area contributed by atoms with E-state index in [2.05, 4.69) is 31.1 Å². The van der Waals surface area contributed by atoms with Crippen LogP contribution in [0.2, 0.25) is 0 Å². The van der Waals surface area contributed by atoms with Gasteiger partial charge in [0.2, 0.25) is 0 Å². The molecule has 118 valence electrons. The van der Waals surface area contributed by atoms with Crippen molar-refractivity contribution in [3.63, 3.8) is 0 Å². The van der Waals surface area contributed by atoms with Gasteiger partial charge in [0.1, 0.15) is 0 Å². The van der Waals surface area contributed by atoms with Crippen molar-refractivity contribution in [3.8, 4) is 0 Å². The van der Waals surface area contributed by atoms with Crippen molar-refractivity contribution in [1.82, 2.24) is 10.2 Å². The molecule has 2 fully saturated rings. The minimum absolute atomic E-state index is 0.347. The van der Waals surface area contributed by atoms with E-state index in [1.165, 1.54) is 51.6 Å². The van der Waals surface area contributed by atoms with Crippen molar-refractivity contribution in [1.29, 1.82) is 0 Å². The van der Waals surface area contributed by atoms with Crippen LogP contribution in [0.25, 0.3) is 0 Å². The number of hydrogen-bond acceptors (Lipinski definition) is 3. The van der Waals surface area contributed by atoms with Crippen LogP contribution in [0.1, 0.15) is 58.8 Å². The van der Waals surface area contributed by atoms with Crippen molar-refractivity contribution in [2.45, 2.75) is 70.9 Å². The van der Waals surface area contributed by atoms with Gasteiger partial charge in [0.05, 0.1) is 0 Å². The SMILES string of the molecule is CNC1C(CN2CCCC2CCCO)CCCC1(C)C. The number of hydrogen-bond donors (Lipinski definition) is 2. The van der Waals surface area contributed by atoms with Gasteiger partial charge in [0.15, 0.2) is 0 Å². The van der Waals surface area contributed by atoms with Crippen LogP contribution in [0.5, 0.6) is 0 Å². The van der Waals surface area contributed by atoms with Crippen molar-refractivity contribution in [2.24, 2.45) is 11.3 Å². The maximum Gasteiger partial charge on any atom is 0.0431 e. The Morgan fingerprint density at radius 1 is 1.25 bits per heavy atom. The van der Waals surface area contributed by atoms with Crippen LogP contribution in [0.3, 0.4) is 0 Å². The zero-order chi connectivity index (χ0) is 14.6. The number of aliphatic hydroxyl groups excluding tert-OH is 1. The van der Waals surface area contributed by atoms with Gasteiger partial charge in [-0.2, -0.15) is 0 Å². The largest absolute Gasteiger partial charge is 0.396 e. The molecule has 1 aliphatic heterocycles. The Bertz CT molecular complexity index is 293. The van der Waals surface area contributed by atoms with Gasteiger partial charge < -0.3 is 15.3 Å². The fourth-order valence-electron chi connectivity index (χ4n) is 4.69. The number of nitrogens with zero attached hydrogens (tertiary/aromatic N) is 1. The van der Waals surface area contributed by atoms with Crippen LogP contribution >= 0.6 is 0 Å². The highest BCUT2D eigenvalue weighted by molar-refractivity contribution is 4.95. The summed E-state index contributed by atoms with van der Waals surface area (Å²) in [6.45, 7) is 7.72. The van der Waals surface area contributed by atoms with Crippen LogP contribution in [-0.2, 0) is 0 Å². The van der Waals surface area contributed by atoms with E-state index in [4.69, 9.17) is 5.11 Å². The van der Waals surface area contributed by atoms with Gasteiger partial charge in [0, 0.05) is 25.2 Å². The average Bonchev–Trinajstić information content (AvgIpc) is 2.83. The monoisotopic (exact) mass is 282 g/mol. The molecule has 0 bridgehead atoms. The van der Waals surface area contributed by atoms with Crippen LogP contribution in [0.15, 0.2) is 0 Å². The minimum Gasteiger partial charge on any atom is -0.396 e. The molecule has 1 saturated heterocycles. The Hall–Kier alpha value is -0.120. The van der Waals surface area contributed by atoms with E-state index >= 15 is 0 Å². The van der Waals surface area contributed by atoms with Gasteiger partial charge in [-0.3, -0.25) is 0 Å². The predicted molar refractivity (Wildman–Crippen MR) is 84.9 cm³/mol. The van der Waals surface area contributed by atoms with Gasteiger partial charge >= 0.3 is 0 Å².